The zero-order valence-electron chi connectivity index (χ0n) is 9.58. The molecule has 0 spiro atoms. The first-order chi connectivity index (χ1) is 8.58. The Hall–Kier alpha value is -0.970. The molecule has 1 heterocycles. The van der Waals surface area contributed by atoms with Crippen molar-refractivity contribution in [3.05, 3.63) is 22.2 Å². The molecular weight excluding hydrogens is 277 g/mol. The molecule has 18 heavy (non-hydrogen) atoms. The van der Waals surface area contributed by atoms with Crippen LogP contribution in [-0.2, 0) is 9.53 Å². The van der Waals surface area contributed by atoms with Gasteiger partial charge < -0.3 is 15.2 Å². The van der Waals surface area contributed by atoms with Gasteiger partial charge in [0.2, 0.25) is 0 Å². The minimum atomic E-state index is -0.476. The number of aromatic hydroxyl groups is 1. The molecule has 1 fully saturated rings. The number of nitrogens with one attached hydrogen (secondary N) is 1. The van der Waals surface area contributed by atoms with Gasteiger partial charge in [0.25, 0.3) is 5.91 Å². The highest BCUT2D eigenvalue weighted by Gasteiger charge is 2.23. The summed E-state index contributed by atoms with van der Waals surface area (Å²) >= 11 is 11.6. The fourth-order valence-electron chi connectivity index (χ4n) is 1.82. The number of rotatable bonds is 2. The van der Waals surface area contributed by atoms with Crippen LogP contribution in [-0.4, -0.2) is 23.7 Å². The number of carbonyl (C=O) groups is 1. The molecule has 6 heteroatoms. The predicted octanol–water partition coefficient (Wildman–Crippen LogP) is 3.21. The van der Waals surface area contributed by atoms with Crippen molar-refractivity contribution < 1.29 is 14.6 Å². The van der Waals surface area contributed by atoms with E-state index in [4.69, 9.17) is 27.9 Å². The van der Waals surface area contributed by atoms with Crippen LogP contribution in [0, 0.1) is 0 Å². The van der Waals surface area contributed by atoms with E-state index in [1.165, 1.54) is 12.1 Å². The summed E-state index contributed by atoms with van der Waals surface area (Å²) in [5, 5.41) is 12.7. The van der Waals surface area contributed by atoms with Crippen molar-refractivity contribution in [3.63, 3.8) is 0 Å². The first kappa shape index (κ1) is 13.5. The van der Waals surface area contributed by atoms with Crippen LogP contribution in [0.25, 0.3) is 0 Å². The molecule has 2 N–H and O–H groups in total. The number of benzene rings is 1. The third kappa shape index (κ3) is 3.07. The molecule has 1 aliphatic heterocycles. The summed E-state index contributed by atoms with van der Waals surface area (Å²) in [5.74, 6) is -0.478. The van der Waals surface area contributed by atoms with Crippen LogP contribution in [0.15, 0.2) is 12.1 Å². The van der Waals surface area contributed by atoms with E-state index in [0.717, 1.165) is 12.8 Å². The molecule has 1 atom stereocenters. The van der Waals surface area contributed by atoms with Gasteiger partial charge in [-0.3, -0.25) is 4.79 Å². The third-order valence-corrected chi connectivity index (χ3v) is 3.26. The van der Waals surface area contributed by atoms with Gasteiger partial charge in [-0.2, -0.15) is 0 Å². The van der Waals surface area contributed by atoms with Crippen molar-refractivity contribution in [1.82, 2.24) is 0 Å². The molecule has 1 aliphatic rings. The van der Waals surface area contributed by atoms with Gasteiger partial charge in [0, 0.05) is 11.6 Å². The smallest absolute Gasteiger partial charge is 0.253 e. The second-order valence-electron chi connectivity index (χ2n) is 4.13. The van der Waals surface area contributed by atoms with Crippen molar-refractivity contribution in [2.45, 2.75) is 25.4 Å². The maximum atomic E-state index is 11.9. The van der Waals surface area contributed by atoms with E-state index in [2.05, 4.69) is 5.32 Å². The van der Waals surface area contributed by atoms with Crippen LogP contribution in [0.4, 0.5) is 5.69 Å². The van der Waals surface area contributed by atoms with Crippen LogP contribution < -0.4 is 5.32 Å². The Morgan fingerprint density at radius 3 is 2.83 bits per heavy atom. The zero-order valence-corrected chi connectivity index (χ0v) is 11.1. The van der Waals surface area contributed by atoms with Crippen molar-refractivity contribution in [3.8, 4) is 5.75 Å². The Kier molecular flexibility index (Phi) is 4.32. The minimum Gasteiger partial charge on any atom is -0.504 e. The summed E-state index contributed by atoms with van der Waals surface area (Å²) < 4.78 is 5.35. The Labute approximate surface area is 115 Å². The molecule has 1 saturated heterocycles. The van der Waals surface area contributed by atoms with Crippen molar-refractivity contribution >= 4 is 34.8 Å². The van der Waals surface area contributed by atoms with Gasteiger partial charge in [-0.15, -0.1) is 0 Å². The predicted molar refractivity (Wildman–Crippen MR) is 70.3 cm³/mol. The van der Waals surface area contributed by atoms with Crippen molar-refractivity contribution in [2.75, 3.05) is 11.9 Å². The standard InChI is InChI=1S/C12H13Cl2NO3/c13-7-5-8(14)11(16)9(6-7)15-12(17)10-3-1-2-4-18-10/h5-6,10,16H,1-4H2,(H,15,17). The lowest BCUT2D eigenvalue weighted by Crippen LogP contribution is -2.33. The molecule has 0 aromatic heterocycles. The summed E-state index contributed by atoms with van der Waals surface area (Å²) in [4.78, 5) is 11.9. The summed E-state index contributed by atoms with van der Waals surface area (Å²) in [6.45, 7) is 0.584. The summed E-state index contributed by atoms with van der Waals surface area (Å²) in [7, 11) is 0. The van der Waals surface area contributed by atoms with E-state index in [9.17, 15) is 9.90 Å². The van der Waals surface area contributed by atoms with E-state index in [0.29, 0.717) is 18.1 Å². The third-order valence-electron chi connectivity index (χ3n) is 2.76. The van der Waals surface area contributed by atoms with Gasteiger partial charge in [-0.1, -0.05) is 23.2 Å². The second-order valence-corrected chi connectivity index (χ2v) is 4.97. The highest BCUT2D eigenvalue weighted by atomic mass is 35.5. The molecule has 1 aromatic rings. The van der Waals surface area contributed by atoms with Gasteiger partial charge >= 0.3 is 0 Å². The van der Waals surface area contributed by atoms with Gasteiger partial charge in [0.05, 0.1) is 10.7 Å². The molecule has 98 valence electrons. The van der Waals surface area contributed by atoms with E-state index < -0.39 is 6.10 Å². The second kappa shape index (κ2) is 5.78. The van der Waals surface area contributed by atoms with E-state index in [1.54, 1.807) is 0 Å². The molecule has 1 unspecified atom stereocenters. The maximum Gasteiger partial charge on any atom is 0.253 e. The normalized spacial score (nSPS) is 19.6. The fraction of sp³-hybridized carbons (Fsp3) is 0.417. The number of carbonyl (C=O) groups excluding carboxylic acids is 1. The van der Waals surface area contributed by atoms with Crippen LogP contribution >= 0.6 is 23.2 Å². The average Bonchev–Trinajstić information content (AvgIpc) is 2.36. The quantitative estimate of drug-likeness (QED) is 0.822. The summed E-state index contributed by atoms with van der Waals surface area (Å²) in [6, 6.07) is 2.86. The monoisotopic (exact) mass is 289 g/mol. The van der Waals surface area contributed by atoms with Crippen LogP contribution in [0.3, 0.4) is 0 Å². The number of hydrogen-bond acceptors (Lipinski definition) is 3. The highest BCUT2D eigenvalue weighted by molar-refractivity contribution is 6.36. The molecular formula is C12H13Cl2NO3. The van der Waals surface area contributed by atoms with E-state index in [1.807, 2.05) is 0 Å². The van der Waals surface area contributed by atoms with Gasteiger partial charge in [-0.05, 0) is 31.4 Å². The van der Waals surface area contributed by atoms with Crippen molar-refractivity contribution in [2.24, 2.45) is 0 Å². The SMILES string of the molecule is O=C(Nc1cc(Cl)cc(Cl)c1O)C1CCCCO1. The Balaban J connectivity index is 2.11. The Morgan fingerprint density at radius 2 is 2.17 bits per heavy atom. The Bertz CT molecular complexity index is 459. The molecule has 0 aliphatic carbocycles. The lowest BCUT2D eigenvalue weighted by Gasteiger charge is -2.22. The molecule has 1 aromatic carbocycles. The van der Waals surface area contributed by atoms with Gasteiger partial charge in [0.15, 0.2) is 5.75 Å². The highest BCUT2D eigenvalue weighted by Crippen LogP contribution is 2.35. The van der Waals surface area contributed by atoms with E-state index in [-0.39, 0.29) is 22.4 Å². The number of halogens is 2. The number of phenolic OH excluding ortho intramolecular Hbond substituents is 1. The summed E-state index contributed by atoms with van der Waals surface area (Å²) in [5.41, 5.74) is 0.201. The largest absolute Gasteiger partial charge is 0.504 e. The molecule has 4 nitrogen and oxygen atoms in total. The lowest BCUT2D eigenvalue weighted by molar-refractivity contribution is -0.129. The molecule has 0 radical (unpaired) electrons. The lowest BCUT2D eigenvalue weighted by atomic mass is 10.1. The van der Waals surface area contributed by atoms with Crippen molar-refractivity contribution in [1.29, 1.82) is 0 Å². The van der Waals surface area contributed by atoms with Gasteiger partial charge in [-0.25, -0.2) is 0 Å². The number of hydrogen-bond donors (Lipinski definition) is 2. The van der Waals surface area contributed by atoms with Gasteiger partial charge in [0.1, 0.15) is 6.10 Å². The maximum absolute atomic E-state index is 11.9. The minimum absolute atomic E-state index is 0.0994. The van der Waals surface area contributed by atoms with E-state index >= 15 is 0 Å². The average molecular weight is 290 g/mol. The van der Waals surface area contributed by atoms with Crippen LogP contribution in [0.2, 0.25) is 10.0 Å². The zero-order chi connectivity index (χ0) is 13.1. The molecule has 2 rings (SSSR count). The first-order valence-corrected chi connectivity index (χ1v) is 6.44. The fourth-order valence-corrected chi connectivity index (χ4v) is 2.32. The van der Waals surface area contributed by atoms with Crippen LogP contribution in [0.1, 0.15) is 19.3 Å². The number of amides is 1. The Morgan fingerprint density at radius 1 is 1.39 bits per heavy atom. The molecule has 1 amide bonds. The molecule has 0 bridgehead atoms. The number of phenols is 1. The topological polar surface area (TPSA) is 58.6 Å². The molecule has 0 saturated carbocycles. The number of ether oxygens (including phenoxy) is 1. The number of anilines is 1. The summed E-state index contributed by atoms with van der Waals surface area (Å²) in [6.07, 6.45) is 2.13. The van der Waals surface area contributed by atoms with Crippen LogP contribution in [0.5, 0.6) is 5.75 Å². The first-order valence-electron chi connectivity index (χ1n) is 5.68.